The van der Waals surface area contributed by atoms with E-state index in [-0.39, 0.29) is 11.4 Å². The van der Waals surface area contributed by atoms with E-state index in [9.17, 15) is 8.42 Å². The fraction of sp³-hybridized carbons (Fsp3) is 0.250. The first-order chi connectivity index (χ1) is 12.3. The first-order valence-electron chi connectivity index (χ1n) is 8.49. The van der Waals surface area contributed by atoms with Gasteiger partial charge in [0.25, 0.3) is 0 Å². The molecule has 0 aliphatic heterocycles. The summed E-state index contributed by atoms with van der Waals surface area (Å²) in [5, 5.41) is 4.47. The maximum atomic E-state index is 12.4. The molecule has 6 heteroatoms. The molecule has 0 radical (unpaired) electrons. The zero-order valence-corrected chi connectivity index (χ0v) is 16.0. The van der Waals surface area contributed by atoms with Crippen LogP contribution in [0, 0.1) is 20.8 Å². The summed E-state index contributed by atoms with van der Waals surface area (Å²) in [5.41, 5.74) is 5.13. The maximum absolute atomic E-state index is 12.4. The molecule has 3 aromatic rings. The zero-order chi connectivity index (χ0) is 18.7. The molecule has 0 unspecified atom stereocenters. The smallest absolute Gasteiger partial charge is 0.240 e. The van der Waals surface area contributed by atoms with Crippen molar-refractivity contribution in [1.82, 2.24) is 14.5 Å². The zero-order valence-electron chi connectivity index (χ0n) is 15.2. The van der Waals surface area contributed by atoms with E-state index in [2.05, 4.69) is 9.82 Å². The highest BCUT2D eigenvalue weighted by Crippen LogP contribution is 2.13. The Balaban J connectivity index is 1.70. The highest BCUT2D eigenvalue weighted by molar-refractivity contribution is 7.89. The van der Waals surface area contributed by atoms with Gasteiger partial charge in [-0.3, -0.25) is 4.68 Å². The molecule has 0 fully saturated rings. The molecule has 0 spiro atoms. The minimum absolute atomic E-state index is 0.251. The highest BCUT2D eigenvalue weighted by atomic mass is 32.2. The van der Waals surface area contributed by atoms with Gasteiger partial charge in [0.05, 0.1) is 17.1 Å². The van der Waals surface area contributed by atoms with Crippen LogP contribution < -0.4 is 4.72 Å². The first kappa shape index (κ1) is 18.4. The fourth-order valence-electron chi connectivity index (χ4n) is 2.83. The Bertz CT molecular complexity index is 1010. The van der Waals surface area contributed by atoms with Crippen LogP contribution in [0.2, 0.25) is 0 Å². The van der Waals surface area contributed by atoms with Crippen molar-refractivity contribution in [2.45, 2.75) is 38.8 Å². The lowest BCUT2D eigenvalue weighted by atomic mass is 10.1. The van der Waals surface area contributed by atoms with Crippen molar-refractivity contribution in [2.75, 3.05) is 0 Å². The van der Waals surface area contributed by atoms with Gasteiger partial charge >= 0.3 is 0 Å². The van der Waals surface area contributed by atoms with E-state index in [1.165, 1.54) is 0 Å². The summed E-state index contributed by atoms with van der Waals surface area (Å²) in [6.45, 7) is 6.84. The number of hydrogen-bond donors (Lipinski definition) is 1. The number of benzene rings is 2. The van der Waals surface area contributed by atoms with Crippen molar-refractivity contribution in [1.29, 1.82) is 0 Å². The molecule has 5 nitrogen and oxygen atoms in total. The van der Waals surface area contributed by atoms with Crippen LogP contribution in [0.15, 0.2) is 59.5 Å². The predicted octanol–water partition coefficient (Wildman–Crippen LogP) is 3.34. The normalized spacial score (nSPS) is 11.7. The van der Waals surface area contributed by atoms with E-state index < -0.39 is 10.0 Å². The summed E-state index contributed by atoms with van der Waals surface area (Å²) < 4.78 is 29.4. The van der Waals surface area contributed by atoms with Crippen molar-refractivity contribution in [3.8, 4) is 0 Å². The van der Waals surface area contributed by atoms with E-state index in [0.29, 0.717) is 6.54 Å². The maximum Gasteiger partial charge on any atom is 0.240 e. The Hall–Kier alpha value is -2.44. The van der Waals surface area contributed by atoms with Gasteiger partial charge in [0.1, 0.15) is 0 Å². The quantitative estimate of drug-likeness (QED) is 0.725. The number of sulfonamides is 1. The average Bonchev–Trinajstić information content (AvgIpc) is 2.91. The van der Waals surface area contributed by atoms with Gasteiger partial charge < -0.3 is 0 Å². The molecule has 0 saturated heterocycles. The van der Waals surface area contributed by atoms with Gasteiger partial charge in [-0.1, -0.05) is 42.0 Å². The lowest BCUT2D eigenvalue weighted by Gasteiger charge is -2.09. The van der Waals surface area contributed by atoms with Crippen molar-refractivity contribution >= 4 is 10.0 Å². The summed E-state index contributed by atoms with van der Waals surface area (Å²) in [4.78, 5) is 0.280. The van der Waals surface area contributed by atoms with Crippen molar-refractivity contribution in [2.24, 2.45) is 0 Å². The molecule has 1 N–H and O–H groups in total. The fourth-order valence-corrected chi connectivity index (χ4v) is 3.84. The molecule has 0 amide bonds. The summed E-state index contributed by atoms with van der Waals surface area (Å²) in [7, 11) is -3.52. The molecule has 1 aromatic heterocycles. The van der Waals surface area contributed by atoms with Crippen LogP contribution in [0.5, 0.6) is 0 Å². The molecule has 1 heterocycles. The molecule has 0 bridgehead atoms. The molecule has 2 aromatic carbocycles. The second kappa shape index (κ2) is 7.43. The standard InChI is InChI=1S/C20H23N3O2S/c1-15-7-9-20(10-8-15)26(24,25)21-13-18-5-4-6-19(12-18)14-23-17(3)11-16(2)22-23/h4-12,21H,13-14H2,1-3H3. The van der Waals surface area contributed by atoms with E-state index >= 15 is 0 Å². The Morgan fingerprint density at radius 1 is 0.962 bits per heavy atom. The third kappa shape index (κ3) is 4.39. The molecule has 26 heavy (non-hydrogen) atoms. The van der Waals surface area contributed by atoms with E-state index in [4.69, 9.17) is 0 Å². The number of aryl methyl sites for hydroxylation is 3. The second-order valence-corrected chi connectivity index (χ2v) is 8.31. The first-order valence-corrected chi connectivity index (χ1v) is 9.97. The van der Waals surface area contributed by atoms with Crippen LogP contribution in [-0.4, -0.2) is 18.2 Å². The molecule has 0 aliphatic carbocycles. The third-order valence-electron chi connectivity index (χ3n) is 4.22. The van der Waals surface area contributed by atoms with Crippen molar-refractivity contribution < 1.29 is 8.42 Å². The van der Waals surface area contributed by atoms with Crippen LogP contribution >= 0.6 is 0 Å². The summed E-state index contributed by atoms with van der Waals surface area (Å²) in [6.07, 6.45) is 0. The summed E-state index contributed by atoms with van der Waals surface area (Å²) in [5.74, 6) is 0. The Morgan fingerprint density at radius 3 is 2.31 bits per heavy atom. The summed E-state index contributed by atoms with van der Waals surface area (Å²) in [6, 6.07) is 16.8. The van der Waals surface area contributed by atoms with Crippen LogP contribution in [0.25, 0.3) is 0 Å². The minimum Gasteiger partial charge on any atom is -0.265 e. The molecule has 0 atom stereocenters. The topological polar surface area (TPSA) is 64.0 Å². The lowest BCUT2D eigenvalue weighted by molar-refractivity contribution is 0.581. The molecule has 136 valence electrons. The lowest BCUT2D eigenvalue weighted by Crippen LogP contribution is -2.23. The van der Waals surface area contributed by atoms with Gasteiger partial charge in [-0.2, -0.15) is 5.10 Å². The Labute approximate surface area is 154 Å². The monoisotopic (exact) mass is 369 g/mol. The second-order valence-electron chi connectivity index (χ2n) is 6.54. The predicted molar refractivity (Wildman–Crippen MR) is 102 cm³/mol. The van der Waals surface area contributed by atoms with E-state index in [0.717, 1.165) is 28.1 Å². The van der Waals surface area contributed by atoms with Crippen LogP contribution in [-0.2, 0) is 23.1 Å². The molecular formula is C20H23N3O2S. The van der Waals surface area contributed by atoms with E-state index in [1.54, 1.807) is 24.3 Å². The van der Waals surface area contributed by atoms with Gasteiger partial charge in [-0.15, -0.1) is 0 Å². The largest absolute Gasteiger partial charge is 0.265 e. The number of nitrogens with one attached hydrogen (secondary N) is 1. The summed E-state index contributed by atoms with van der Waals surface area (Å²) >= 11 is 0. The van der Waals surface area contributed by atoms with E-state index in [1.807, 2.05) is 55.8 Å². The highest BCUT2D eigenvalue weighted by Gasteiger charge is 2.13. The molecule has 3 rings (SSSR count). The van der Waals surface area contributed by atoms with Crippen molar-refractivity contribution in [3.05, 3.63) is 82.7 Å². The molecule has 0 saturated carbocycles. The SMILES string of the molecule is Cc1ccc(S(=O)(=O)NCc2cccc(Cn3nc(C)cc3C)c2)cc1. The Kier molecular flexibility index (Phi) is 5.25. The van der Waals surface area contributed by atoms with Gasteiger partial charge in [0.2, 0.25) is 10.0 Å². The third-order valence-corrected chi connectivity index (χ3v) is 5.64. The number of nitrogens with zero attached hydrogens (tertiary/aromatic N) is 2. The van der Waals surface area contributed by atoms with Crippen LogP contribution in [0.3, 0.4) is 0 Å². The van der Waals surface area contributed by atoms with Crippen LogP contribution in [0.4, 0.5) is 0 Å². The molecule has 0 aliphatic rings. The minimum atomic E-state index is -3.52. The number of hydrogen-bond acceptors (Lipinski definition) is 3. The van der Waals surface area contributed by atoms with Gasteiger partial charge in [-0.05, 0) is 50.1 Å². The van der Waals surface area contributed by atoms with Gasteiger partial charge in [-0.25, -0.2) is 13.1 Å². The Morgan fingerprint density at radius 2 is 1.65 bits per heavy atom. The van der Waals surface area contributed by atoms with Crippen molar-refractivity contribution in [3.63, 3.8) is 0 Å². The number of aromatic nitrogens is 2. The number of rotatable bonds is 6. The van der Waals surface area contributed by atoms with Gasteiger partial charge in [0, 0.05) is 12.2 Å². The molecular weight excluding hydrogens is 346 g/mol. The van der Waals surface area contributed by atoms with Crippen LogP contribution in [0.1, 0.15) is 28.1 Å². The van der Waals surface area contributed by atoms with Gasteiger partial charge in [0.15, 0.2) is 0 Å². The average molecular weight is 369 g/mol.